The summed E-state index contributed by atoms with van der Waals surface area (Å²) in [5, 5.41) is 13.2. The van der Waals surface area contributed by atoms with E-state index >= 15 is 0 Å². The number of hydrogen-bond donors (Lipinski definition) is 0. The van der Waals surface area contributed by atoms with Crippen LogP contribution in [-0.4, -0.2) is 65.5 Å². The summed E-state index contributed by atoms with van der Waals surface area (Å²) < 4.78 is 13.4. The zero-order valence-corrected chi connectivity index (χ0v) is 20.1. The van der Waals surface area contributed by atoms with Gasteiger partial charge < -0.3 is 14.4 Å². The van der Waals surface area contributed by atoms with Crippen molar-refractivity contribution in [2.24, 2.45) is 0 Å². The monoisotopic (exact) mass is 462 g/mol. The lowest BCUT2D eigenvalue weighted by Crippen LogP contribution is -2.48. The molecule has 0 spiro atoms. The summed E-state index contributed by atoms with van der Waals surface area (Å²) in [4.78, 5) is 4.94. The summed E-state index contributed by atoms with van der Waals surface area (Å²) in [6.45, 7) is 3.71. The number of tetrazole rings is 1. The Labute approximate surface area is 201 Å². The molecule has 2 aromatic carbocycles. The van der Waals surface area contributed by atoms with Gasteiger partial charge in [-0.1, -0.05) is 37.5 Å². The Bertz CT molecular complexity index is 1060. The van der Waals surface area contributed by atoms with Crippen LogP contribution in [0.15, 0.2) is 48.5 Å². The van der Waals surface area contributed by atoms with Gasteiger partial charge in [0, 0.05) is 43.5 Å². The Morgan fingerprint density at radius 2 is 1.65 bits per heavy atom. The van der Waals surface area contributed by atoms with Crippen molar-refractivity contribution in [2.45, 2.75) is 44.2 Å². The lowest BCUT2D eigenvalue weighted by atomic mass is 9.94. The van der Waals surface area contributed by atoms with Gasteiger partial charge in [-0.05, 0) is 47.5 Å². The van der Waals surface area contributed by atoms with Crippen molar-refractivity contribution < 1.29 is 9.47 Å². The van der Waals surface area contributed by atoms with Gasteiger partial charge in [-0.2, -0.15) is 0 Å². The van der Waals surface area contributed by atoms with Gasteiger partial charge in [-0.25, -0.2) is 4.68 Å². The molecular weight excluding hydrogens is 428 g/mol. The van der Waals surface area contributed by atoms with E-state index in [1.807, 2.05) is 12.1 Å². The molecule has 0 radical (unpaired) electrons. The molecule has 2 aliphatic rings. The van der Waals surface area contributed by atoms with Crippen LogP contribution in [-0.2, 0) is 0 Å². The van der Waals surface area contributed by atoms with E-state index in [0.717, 1.165) is 61.9 Å². The van der Waals surface area contributed by atoms with Gasteiger partial charge in [0.25, 0.3) is 0 Å². The molecule has 1 saturated carbocycles. The van der Waals surface area contributed by atoms with Crippen LogP contribution in [0.2, 0.25) is 0 Å². The molecular formula is C26H34N6O2. The standard InChI is InChI=1S/C26H34N6O2/c1-33-22-13-14-23(24(19-22)34-2)25(26-27-28-29-32(26)21-11-7-4-8-12-21)31-17-15-30(16-18-31)20-9-5-3-6-10-20/h3,5-6,9-10,13-14,19,21,25H,4,7-8,11-12,15-18H2,1-2H3/t25-/m1/s1. The minimum atomic E-state index is -0.0873. The summed E-state index contributed by atoms with van der Waals surface area (Å²) >= 11 is 0. The quantitative estimate of drug-likeness (QED) is 0.523. The predicted molar refractivity (Wildman–Crippen MR) is 132 cm³/mol. The normalized spacial score (nSPS) is 18.6. The molecule has 2 fully saturated rings. The Balaban J connectivity index is 1.49. The van der Waals surface area contributed by atoms with Gasteiger partial charge in [0.2, 0.25) is 0 Å². The maximum atomic E-state index is 5.84. The molecule has 3 aromatic rings. The number of rotatable bonds is 7. The number of anilines is 1. The van der Waals surface area contributed by atoms with Crippen LogP contribution in [0.1, 0.15) is 55.6 Å². The van der Waals surface area contributed by atoms with Gasteiger partial charge in [0.05, 0.1) is 20.3 Å². The van der Waals surface area contributed by atoms with E-state index in [2.05, 4.69) is 66.4 Å². The van der Waals surface area contributed by atoms with E-state index in [1.54, 1.807) is 14.2 Å². The van der Waals surface area contributed by atoms with E-state index < -0.39 is 0 Å². The fourth-order valence-electron chi connectivity index (χ4n) is 5.39. The van der Waals surface area contributed by atoms with E-state index in [-0.39, 0.29) is 6.04 Å². The summed E-state index contributed by atoms with van der Waals surface area (Å²) in [5.41, 5.74) is 2.34. The van der Waals surface area contributed by atoms with Crippen molar-refractivity contribution in [2.75, 3.05) is 45.3 Å². The average molecular weight is 463 g/mol. The summed E-state index contributed by atoms with van der Waals surface area (Å²) in [5.74, 6) is 2.48. The second-order valence-electron chi connectivity index (χ2n) is 9.14. The highest BCUT2D eigenvalue weighted by Crippen LogP contribution is 2.38. The van der Waals surface area contributed by atoms with E-state index in [0.29, 0.717) is 6.04 Å². The van der Waals surface area contributed by atoms with E-state index in [4.69, 9.17) is 9.47 Å². The molecule has 0 amide bonds. The average Bonchev–Trinajstić information content (AvgIpc) is 3.40. The van der Waals surface area contributed by atoms with Crippen LogP contribution in [0.5, 0.6) is 11.5 Å². The second kappa shape index (κ2) is 10.4. The largest absolute Gasteiger partial charge is 0.497 e. The fraction of sp³-hybridized carbons (Fsp3) is 0.500. The molecule has 1 aliphatic carbocycles. The minimum Gasteiger partial charge on any atom is -0.497 e. The number of aromatic nitrogens is 4. The SMILES string of the molecule is COc1ccc([C@H](c2nnnn2C2CCCCC2)N2CCN(c3ccccc3)CC2)c(OC)c1. The molecule has 0 bridgehead atoms. The van der Waals surface area contributed by atoms with Gasteiger partial charge in [0.1, 0.15) is 17.5 Å². The first-order chi connectivity index (χ1) is 16.8. The number of nitrogens with zero attached hydrogens (tertiary/aromatic N) is 6. The number of ether oxygens (including phenoxy) is 2. The molecule has 2 heterocycles. The number of methoxy groups -OCH3 is 2. The molecule has 8 nitrogen and oxygen atoms in total. The van der Waals surface area contributed by atoms with Crippen molar-refractivity contribution >= 4 is 5.69 Å². The van der Waals surface area contributed by atoms with Gasteiger partial charge in [-0.3, -0.25) is 4.90 Å². The first-order valence-electron chi connectivity index (χ1n) is 12.3. The Morgan fingerprint density at radius 1 is 0.882 bits per heavy atom. The Hall–Kier alpha value is -3.13. The van der Waals surface area contributed by atoms with Gasteiger partial charge in [0.15, 0.2) is 5.82 Å². The summed E-state index contributed by atoms with van der Waals surface area (Å²) in [7, 11) is 3.39. The van der Waals surface area contributed by atoms with Crippen molar-refractivity contribution in [3.8, 4) is 11.5 Å². The maximum Gasteiger partial charge on any atom is 0.173 e. The summed E-state index contributed by atoms with van der Waals surface area (Å²) in [6, 6.07) is 17.0. The van der Waals surface area contributed by atoms with Gasteiger partial charge >= 0.3 is 0 Å². The third-order valence-electron chi connectivity index (χ3n) is 7.22. The molecule has 34 heavy (non-hydrogen) atoms. The number of hydrogen-bond acceptors (Lipinski definition) is 7. The van der Waals surface area contributed by atoms with Crippen molar-refractivity contribution in [3.63, 3.8) is 0 Å². The molecule has 0 unspecified atom stereocenters. The molecule has 1 aromatic heterocycles. The molecule has 5 rings (SSSR count). The molecule has 0 N–H and O–H groups in total. The van der Waals surface area contributed by atoms with E-state index in [9.17, 15) is 0 Å². The van der Waals surface area contributed by atoms with Crippen molar-refractivity contribution in [1.82, 2.24) is 25.1 Å². The third-order valence-corrected chi connectivity index (χ3v) is 7.22. The lowest BCUT2D eigenvalue weighted by Gasteiger charge is -2.40. The Morgan fingerprint density at radius 3 is 2.35 bits per heavy atom. The van der Waals surface area contributed by atoms with Crippen LogP contribution in [0, 0.1) is 0 Å². The van der Waals surface area contributed by atoms with Crippen LogP contribution < -0.4 is 14.4 Å². The van der Waals surface area contributed by atoms with Crippen molar-refractivity contribution in [1.29, 1.82) is 0 Å². The van der Waals surface area contributed by atoms with Gasteiger partial charge in [-0.15, -0.1) is 5.10 Å². The highest BCUT2D eigenvalue weighted by atomic mass is 16.5. The lowest BCUT2D eigenvalue weighted by molar-refractivity contribution is 0.190. The first kappa shape index (κ1) is 22.7. The molecule has 8 heteroatoms. The number of para-hydroxylation sites is 1. The highest BCUT2D eigenvalue weighted by molar-refractivity contribution is 5.47. The van der Waals surface area contributed by atoms with Crippen molar-refractivity contribution in [3.05, 3.63) is 59.9 Å². The zero-order valence-electron chi connectivity index (χ0n) is 20.1. The summed E-state index contributed by atoms with van der Waals surface area (Å²) in [6.07, 6.45) is 6.02. The van der Waals surface area contributed by atoms with Crippen LogP contribution in [0.25, 0.3) is 0 Å². The molecule has 180 valence electrons. The van der Waals surface area contributed by atoms with Crippen LogP contribution in [0.4, 0.5) is 5.69 Å². The molecule has 1 atom stereocenters. The topological polar surface area (TPSA) is 68.5 Å². The Kier molecular flexibility index (Phi) is 6.94. The van der Waals surface area contributed by atoms with E-state index in [1.165, 1.54) is 24.9 Å². The predicted octanol–water partition coefficient (Wildman–Crippen LogP) is 4.11. The second-order valence-corrected chi connectivity index (χ2v) is 9.14. The van der Waals surface area contributed by atoms with Crippen LogP contribution >= 0.6 is 0 Å². The molecule has 1 saturated heterocycles. The first-order valence-corrected chi connectivity index (χ1v) is 12.3. The third kappa shape index (κ3) is 4.59. The maximum absolute atomic E-state index is 5.84. The highest BCUT2D eigenvalue weighted by Gasteiger charge is 2.34. The number of benzene rings is 2. The molecule has 1 aliphatic heterocycles. The minimum absolute atomic E-state index is 0.0873. The smallest absolute Gasteiger partial charge is 0.173 e. The van der Waals surface area contributed by atoms with Crippen LogP contribution in [0.3, 0.4) is 0 Å². The zero-order chi connectivity index (χ0) is 23.3. The fourth-order valence-corrected chi connectivity index (χ4v) is 5.39. The number of piperazine rings is 1.